The maximum atomic E-state index is 11.6. The molecule has 0 aliphatic carbocycles. The molecule has 0 aliphatic rings. The number of rotatable bonds is 7. The predicted molar refractivity (Wildman–Crippen MR) is 73.3 cm³/mol. The fraction of sp³-hybridized carbons (Fsp3) is 0.545. The molecule has 3 N–H and O–H groups in total. The van der Waals surface area contributed by atoms with Crippen LogP contribution in [0.3, 0.4) is 0 Å². The number of nitrogens with two attached hydrogens (primary N) is 1. The molecule has 0 bridgehead atoms. The number of thiophene rings is 1. The Morgan fingerprint density at radius 2 is 2.31 bits per heavy atom. The highest BCUT2D eigenvalue weighted by molar-refractivity contribution is 7.98. The van der Waals surface area contributed by atoms with Crippen molar-refractivity contribution in [1.29, 1.82) is 0 Å². The molecule has 1 rings (SSSR count). The van der Waals surface area contributed by atoms with Crippen molar-refractivity contribution in [2.45, 2.75) is 19.3 Å². The van der Waals surface area contributed by atoms with Crippen LogP contribution >= 0.6 is 23.1 Å². The second-order valence-corrected chi connectivity index (χ2v) is 5.42. The van der Waals surface area contributed by atoms with Crippen molar-refractivity contribution in [3.05, 3.63) is 16.3 Å². The molecule has 0 radical (unpaired) electrons. The monoisotopic (exact) mass is 258 g/mol. The standard InChI is InChI=1S/C11H18N2OS2/c1-15-7-4-2-3-6-13-11(14)10-9(12)5-8-16-10/h5,8H,2-4,6-7,12H2,1H3,(H,13,14). The van der Waals surface area contributed by atoms with Gasteiger partial charge in [0.1, 0.15) is 4.88 Å². The third-order valence-electron chi connectivity index (χ3n) is 2.21. The Morgan fingerprint density at radius 3 is 2.94 bits per heavy atom. The molecule has 0 fully saturated rings. The number of thioether (sulfide) groups is 1. The van der Waals surface area contributed by atoms with Crippen LogP contribution in [0.2, 0.25) is 0 Å². The molecule has 1 heterocycles. The minimum atomic E-state index is -0.0441. The first-order valence-corrected chi connectivity index (χ1v) is 7.63. The maximum Gasteiger partial charge on any atom is 0.263 e. The van der Waals surface area contributed by atoms with Gasteiger partial charge in [-0.3, -0.25) is 4.79 Å². The summed E-state index contributed by atoms with van der Waals surface area (Å²) in [7, 11) is 0. The van der Waals surface area contributed by atoms with Crippen molar-refractivity contribution in [3.8, 4) is 0 Å². The zero-order valence-corrected chi connectivity index (χ0v) is 11.1. The maximum absolute atomic E-state index is 11.6. The number of carbonyl (C=O) groups excluding carboxylic acids is 1. The first-order chi connectivity index (χ1) is 7.75. The van der Waals surface area contributed by atoms with Gasteiger partial charge in [0, 0.05) is 6.54 Å². The van der Waals surface area contributed by atoms with Crippen molar-refractivity contribution < 1.29 is 4.79 Å². The lowest BCUT2D eigenvalue weighted by Gasteiger charge is -2.04. The molecule has 1 amide bonds. The number of hydrogen-bond donors (Lipinski definition) is 2. The lowest BCUT2D eigenvalue weighted by molar-refractivity contribution is 0.0958. The predicted octanol–water partition coefficient (Wildman–Crippen LogP) is 2.59. The SMILES string of the molecule is CSCCCCCNC(=O)c1sccc1N. The van der Waals surface area contributed by atoms with E-state index in [1.54, 1.807) is 6.07 Å². The number of carbonyl (C=O) groups is 1. The average molecular weight is 258 g/mol. The third-order valence-corrected chi connectivity index (χ3v) is 3.84. The summed E-state index contributed by atoms with van der Waals surface area (Å²) in [6.45, 7) is 0.741. The van der Waals surface area contributed by atoms with Crippen LogP contribution in [0.5, 0.6) is 0 Å². The first kappa shape index (κ1) is 13.4. The van der Waals surface area contributed by atoms with Crippen molar-refractivity contribution in [2.75, 3.05) is 24.3 Å². The van der Waals surface area contributed by atoms with Gasteiger partial charge in [0.2, 0.25) is 0 Å². The second-order valence-electron chi connectivity index (χ2n) is 3.51. The summed E-state index contributed by atoms with van der Waals surface area (Å²) in [6.07, 6.45) is 5.54. The molecule has 3 nitrogen and oxygen atoms in total. The van der Waals surface area contributed by atoms with Gasteiger partial charge in [-0.05, 0) is 36.3 Å². The summed E-state index contributed by atoms with van der Waals surface area (Å²) in [6, 6.07) is 1.76. The molecule has 1 aromatic heterocycles. The molecular formula is C11H18N2OS2. The van der Waals surface area contributed by atoms with E-state index in [1.807, 2.05) is 17.1 Å². The average Bonchev–Trinajstić information content (AvgIpc) is 2.69. The Labute approximate surface area is 105 Å². The first-order valence-electron chi connectivity index (χ1n) is 5.36. The number of amides is 1. The van der Waals surface area contributed by atoms with E-state index < -0.39 is 0 Å². The van der Waals surface area contributed by atoms with Gasteiger partial charge in [0.15, 0.2) is 0 Å². The van der Waals surface area contributed by atoms with E-state index in [0.717, 1.165) is 13.0 Å². The molecule has 0 saturated carbocycles. The number of nitrogens with one attached hydrogen (secondary N) is 1. The zero-order chi connectivity index (χ0) is 11.8. The molecule has 1 aromatic rings. The largest absolute Gasteiger partial charge is 0.397 e. The van der Waals surface area contributed by atoms with Crippen molar-refractivity contribution >= 4 is 34.7 Å². The van der Waals surface area contributed by atoms with E-state index in [2.05, 4.69) is 11.6 Å². The molecule has 0 aliphatic heterocycles. The van der Waals surface area contributed by atoms with Crippen LogP contribution < -0.4 is 11.1 Å². The summed E-state index contributed by atoms with van der Waals surface area (Å²) < 4.78 is 0. The quantitative estimate of drug-likeness (QED) is 0.739. The van der Waals surface area contributed by atoms with Crippen molar-refractivity contribution in [1.82, 2.24) is 5.32 Å². The van der Waals surface area contributed by atoms with E-state index in [9.17, 15) is 4.79 Å². The molecule has 0 unspecified atom stereocenters. The van der Waals surface area contributed by atoms with Gasteiger partial charge in [-0.1, -0.05) is 6.42 Å². The molecule has 16 heavy (non-hydrogen) atoms. The third kappa shape index (κ3) is 4.45. The van der Waals surface area contributed by atoms with Crippen LogP contribution in [0, 0.1) is 0 Å². The Hall–Kier alpha value is -0.680. The summed E-state index contributed by atoms with van der Waals surface area (Å²) >= 11 is 3.25. The minimum absolute atomic E-state index is 0.0441. The minimum Gasteiger partial charge on any atom is -0.397 e. The Morgan fingerprint density at radius 1 is 1.50 bits per heavy atom. The van der Waals surface area contributed by atoms with E-state index in [0.29, 0.717) is 10.6 Å². The fourth-order valence-corrected chi connectivity index (χ4v) is 2.56. The summed E-state index contributed by atoms with van der Waals surface area (Å²) in [5, 5.41) is 4.72. The number of hydrogen-bond acceptors (Lipinski definition) is 4. The van der Waals surface area contributed by atoms with Crippen LogP contribution in [0.4, 0.5) is 5.69 Å². The van der Waals surface area contributed by atoms with Crippen LogP contribution in [0.25, 0.3) is 0 Å². The van der Waals surface area contributed by atoms with Gasteiger partial charge in [0.25, 0.3) is 5.91 Å². The number of nitrogen functional groups attached to an aromatic ring is 1. The highest BCUT2D eigenvalue weighted by Crippen LogP contribution is 2.18. The van der Waals surface area contributed by atoms with Crippen molar-refractivity contribution in [3.63, 3.8) is 0 Å². The molecule has 90 valence electrons. The lowest BCUT2D eigenvalue weighted by Crippen LogP contribution is -2.24. The summed E-state index contributed by atoms with van der Waals surface area (Å²) in [5.41, 5.74) is 6.23. The van der Waals surface area contributed by atoms with Gasteiger partial charge in [-0.25, -0.2) is 0 Å². The van der Waals surface area contributed by atoms with Gasteiger partial charge in [0.05, 0.1) is 5.69 Å². The van der Waals surface area contributed by atoms with Gasteiger partial charge in [-0.15, -0.1) is 11.3 Å². The Kier molecular flexibility index (Phi) is 6.33. The summed E-state index contributed by atoms with van der Waals surface area (Å²) in [5.74, 6) is 1.16. The van der Waals surface area contributed by atoms with Gasteiger partial charge >= 0.3 is 0 Å². The molecule has 5 heteroatoms. The number of anilines is 1. The lowest BCUT2D eigenvalue weighted by atomic mass is 10.2. The molecular weight excluding hydrogens is 240 g/mol. The normalized spacial score (nSPS) is 10.3. The molecule has 0 spiro atoms. The molecule has 0 atom stereocenters. The van der Waals surface area contributed by atoms with Crippen LogP contribution in [-0.2, 0) is 0 Å². The van der Waals surface area contributed by atoms with E-state index in [1.165, 1.54) is 29.9 Å². The highest BCUT2D eigenvalue weighted by atomic mass is 32.2. The molecule has 0 saturated heterocycles. The zero-order valence-electron chi connectivity index (χ0n) is 9.49. The second kappa shape index (κ2) is 7.57. The van der Waals surface area contributed by atoms with Gasteiger partial charge in [-0.2, -0.15) is 11.8 Å². The fourth-order valence-electron chi connectivity index (χ4n) is 1.33. The Balaban J connectivity index is 2.14. The summed E-state index contributed by atoms with van der Waals surface area (Å²) in [4.78, 5) is 12.3. The Bertz CT molecular complexity index is 326. The van der Waals surface area contributed by atoms with E-state index in [-0.39, 0.29) is 5.91 Å². The number of unbranched alkanes of at least 4 members (excludes halogenated alkanes) is 2. The van der Waals surface area contributed by atoms with Crippen molar-refractivity contribution in [2.24, 2.45) is 0 Å². The molecule has 0 aromatic carbocycles. The van der Waals surface area contributed by atoms with Crippen LogP contribution in [0.15, 0.2) is 11.4 Å². The smallest absolute Gasteiger partial charge is 0.263 e. The van der Waals surface area contributed by atoms with E-state index in [4.69, 9.17) is 5.73 Å². The van der Waals surface area contributed by atoms with Gasteiger partial charge < -0.3 is 11.1 Å². The van der Waals surface area contributed by atoms with E-state index >= 15 is 0 Å². The highest BCUT2D eigenvalue weighted by Gasteiger charge is 2.09. The topological polar surface area (TPSA) is 55.1 Å². The van der Waals surface area contributed by atoms with Crippen LogP contribution in [-0.4, -0.2) is 24.5 Å². The van der Waals surface area contributed by atoms with Crippen LogP contribution in [0.1, 0.15) is 28.9 Å².